The summed E-state index contributed by atoms with van der Waals surface area (Å²) in [5, 5.41) is 11.3. The van der Waals surface area contributed by atoms with E-state index in [-0.39, 0.29) is 5.92 Å². The van der Waals surface area contributed by atoms with Crippen molar-refractivity contribution in [2.45, 2.75) is 32.3 Å². The minimum atomic E-state index is -0.898. The Morgan fingerprint density at radius 2 is 1.41 bits per heavy atom. The van der Waals surface area contributed by atoms with Gasteiger partial charge in [-0.2, -0.15) is 0 Å². The Labute approximate surface area is 134 Å². The van der Waals surface area contributed by atoms with Crippen LogP contribution in [0.2, 0.25) is 0 Å². The molecule has 0 heterocycles. The van der Waals surface area contributed by atoms with Crippen molar-refractivity contribution in [2.24, 2.45) is 0 Å². The van der Waals surface area contributed by atoms with Gasteiger partial charge in [-0.3, -0.25) is 0 Å². The van der Waals surface area contributed by atoms with Gasteiger partial charge in [-0.25, -0.2) is 0 Å². The first kappa shape index (κ1) is 16.7. The van der Waals surface area contributed by atoms with E-state index in [4.69, 9.17) is 0 Å². The average molecular weight is 297 g/mol. The van der Waals surface area contributed by atoms with Crippen LogP contribution in [0.15, 0.2) is 60.7 Å². The standard InChI is InChI=1S/C20H27NO/c1-4-21(5-2)16-19(17-12-8-6-9-13-17)20(3,22)18-14-10-7-11-15-18/h6-15,19,22H,4-5,16H2,1-3H3/t19-,20+/m1/s1. The Kier molecular flexibility index (Phi) is 5.76. The summed E-state index contributed by atoms with van der Waals surface area (Å²) in [5.74, 6) is 0.0380. The van der Waals surface area contributed by atoms with Crippen LogP contribution in [0.25, 0.3) is 0 Å². The van der Waals surface area contributed by atoms with Crippen molar-refractivity contribution in [3.05, 3.63) is 71.8 Å². The topological polar surface area (TPSA) is 23.5 Å². The van der Waals surface area contributed by atoms with Crippen LogP contribution in [0.1, 0.15) is 37.8 Å². The number of nitrogens with zero attached hydrogens (tertiary/aromatic N) is 1. The molecule has 22 heavy (non-hydrogen) atoms. The highest BCUT2D eigenvalue weighted by Crippen LogP contribution is 2.37. The van der Waals surface area contributed by atoms with Crippen LogP contribution in [0.3, 0.4) is 0 Å². The molecule has 2 aromatic rings. The lowest BCUT2D eigenvalue weighted by Gasteiger charge is -2.37. The third-order valence-electron chi connectivity index (χ3n) is 4.57. The van der Waals surface area contributed by atoms with Crippen LogP contribution in [-0.4, -0.2) is 29.6 Å². The first-order valence-corrected chi connectivity index (χ1v) is 8.14. The molecule has 2 aromatic carbocycles. The first-order valence-electron chi connectivity index (χ1n) is 8.14. The minimum absolute atomic E-state index is 0.0380. The van der Waals surface area contributed by atoms with Crippen molar-refractivity contribution < 1.29 is 5.11 Å². The minimum Gasteiger partial charge on any atom is -0.385 e. The number of aliphatic hydroxyl groups is 1. The molecule has 2 atom stereocenters. The third kappa shape index (κ3) is 3.76. The molecule has 2 rings (SSSR count). The molecule has 0 aliphatic rings. The summed E-state index contributed by atoms with van der Waals surface area (Å²) in [5.41, 5.74) is 1.25. The van der Waals surface area contributed by atoms with Crippen molar-refractivity contribution in [1.29, 1.82) is 0 Å². The number of likely N-dealkylation sites (N-methyl/N-ethyl adjacent to an activating group) is 1. The van der Waals surface area contributed by atoms with Gasteiger partial charge >= 0.3 is 0 Å². The summed E-state index contributed by atoms with van der Waals surface area (Å²) in [6.45, 7) is 9.10. The zero-order valence-electron chi connectivity index (χ0n) is 13.9. The quantitative estimate of drug-likeness (QED) is 0.834. The maximum Gasteiger partial charge on any atom is 0.0949 e. The Morgan fingerprint density at radius 1 is 0.909 bits per heavy atom. The summed E-state index contributed by atoms with van der Waals surface area (Å²) in [4.78, 5) is 2.37. The predicted molar refractivity (Wildman–Crippen MR) is 93.0 cm³/mol. The molecule has 0 aromatic heterocycles. The highest BCUT2D eigenvalue weighted by Gasteiger charge is 2.35. The van der Waals surface area contributed by atoms with Crippen LogP contribution < -0.4 is 0 Å². The zero-order chi connectivity index (χ0) is 16.0. The molecule has 0 unspecified atom stereocenters. The second kappa shape index (κ2) is 7.57. The number of hydrogen-bond donors (Lipinski definition) is 1. The summed E-state index contributed by atoms with van der Waals surface area (Å²) in [6, 6.07) is 20.3. The molecule has 0 saturated heterocycles. The lowest BCUT2D eigenvalue weighted by molar-refractivity contribution is 0.0139. The highest BCUT2D eigenvalue weighted by atomic mass is 16.3. The largest absolute Gasteiger partial charge is 0.385 e. The highest BCUT2D eigenvalue weighted by molar-refractivity contribution is 5.31. The molecule has 0 radical (unpaired) electrons. The van der Waals surface area contributed by atoms with E-state index in [0.717, 1.165) is 25.2 Å². The fourth-order valence-corrected chi connectivity index (χ4v) is 3.01. The SMILES string of the molecule is CCN(CC)C[C@H](c1ccccc1)[C@@](C)(O)c1ccccc1. The van der Waals surface area contributed by atoms with Crippen LogP contribution in [0, 0.1) is 0 Å². The van der Waals surface area contributed by atoms with Crippen molar-refractivity contribution in [1.82, 2.24) is 4.90 Å². The number of hydrogen-bond acceptors (Lipinski definition) is 2. The van der Waals surface area contributed by atoms with E-state index in [1.165, 1.54) is 5.56 Å². The Balaban J connectivity index is 2.39. The summed E-state index contributed by atoms with van der Waals surface area (Å²) < 4.78 is 0. The van der Waals surface area contributed by atoms with E-state index in [0.29, 0.717) is 0 Å². The number of rotatable bonds is 7. The number of benzene rings is 2. The van der Waals surface area contributed by atoms with Crippen LogP contribution in [-0.2, 0) is 5.60 Å². The smallest absolute Gasteiger partial charge is 0.0949 e. The van der Waals surface area contributed by atoms with E-state index in [2.05, 4.69) is 30.9 Å². The molecule has 0 amide bonds. The van der Waals surface area contributed by atoms with Crippen molar-refractivity contribution in [3.8, 4) is 0 Å². The molecule has 0 fully saturated rings. The van der Waals surface area contributed by atoms with E-state index in [1.54, 1.807) is 0 Å². The molecule has 0 bridgehead atoms. The third-order valence-corrected chi connectivity index (χ3v) is 4.57. The van der Waals surface area contributed by atoms with Gasteiger partial charge in [0.2, 0.25) is 0 Å². The monoisotopic (exact) mass is 297 g/mol. The van der Waals surface area contributed by atoms with Crippen LogP contribution in [0.4, 0.5) is 0 Å². The Bertz CT molecular complexity index is 546. The predicted octanol–water partition coefficient (Wildman–Crippen LogP) is 4.02. The van der Waals surface area contributed by atoms with Crippen LogP contribution >= 0.6 is 0 Å². The van der Waals surface area contributed by atoms with E-state index in [1.807, 2.05) is 55.5 Å². The van der Waals surface area contributed by atoms with Crippen LogP contribution in [0.5, 0.6) is 0 Å². The normalized spacial score (nSPS) is 15.5. The van der Waals surface area contributed by atoms with Gasteiger partial charge < -0.3 is 10.0 Å². The lowest BCUT2D eigenvalue weighted by atomic mass is 9.78. The fraction of sp³-hybridized carbons (Fsp3) is 0.400. The second-order valence-electron chi connectivity index (χ2n) is 5.96. The van der Waals surface area contributed by atoms with Gasteiger partial charge in [0.05, 0.1) is 5.60 Å². The van der Waals surface area contributed by atoms with Crippen molar-refractivity contribution in [2.75, 3.05) is 19.6 Å². The zero-order valence-corrected chi connectivity index (χ0v) is 13.9. The van der Waals surface area contributed by atoms with Gasteiger partial charge in [0.25, 0.3) is 0 Å². The fourth-order valence-electron chi connectivity index (χ4n) is 3.01. The Morgan fingerprint density at radius 3 is 1.91 bits per heavy atom. The van der Waals surface area contributed by atoms with E-state index < -0.39 is 5.60 Å². The molecule has 2 heteroatoms. The molecule has 0 aliphatic carbocycles. The van der Waals surface area contributed by atoms with E-state index >= 15 is 0 Å². The second-order valence-corrected chi connectivity index (χ2v) is 5.96. The van der Waals surface area contributed by atoms with Gasteiger partial charge in [0.1, 0.15) is 0 Å². The van der Waals surface area contributed by atoms with Crippen molar-refractivity contribution in [3.63, 3.8) is 0 Å². The summed E-state index contributed by atoms with van der Waals surface area (Å²) >= 11 is 0. The Hall–Kier alpha value is -1.64. The van der Waals surface area contributed by atoms with Gasteiger partial charge in [-0.15, -0.1) is 0 Å². The molecule has 0 spiro atoms. The lowest BCUT2D eigenvalue weighted by Crippen LogP contribution is -2.39. The molecular weight excluding hydrogens is 270 g/mol. The summed E-state index contributed by atoms with van der Waals surface area (Å²) in [6.07, 6.45) is 0. The molecular formula is C20H27NO. The van der Waals surface area contributed by atoms with Gasteiger partial charge in [0, 0.05) is 12.5 Å². The molecule has 0 aliphatic heterocycles. The van der Waals surface area contributed by atoms with Gasteiger partial charge in [-0.05, 0) is 31.1 Å². The maximum absolute atomic E-state index is 11.3. The molecule has 2 nitrogen and oxygen atoms in total. The maximum atomic E-state index is 11.3. The van der Waals surface area contributed by atoms with E-state index in [9.17, 15) is 5.11 Å². The molecule has 0 saturated carbocycles. The van der Waals surface area contributed by atoms with Gasteiger partial charge in [0.15, 0.2) is 0 Å². The average Bonchev–Trinajstić information content (AvgIpc) is 2.57. The molecule has 118 valence electrons. The first-order chi connectivity index (χ1) is 10.6. The van der Waals surface area contributed by atoms with Gasteiger partial charge in [-0.1, -0.05) is 74.5 Å². The summed E-state index contributed by atoms with van der Waals surface area (Å²) in [7, 11) is 0. The van der Waals surface area contributed by atoms with Crippen molar-refractivity contribution >= 4 is 0 Å². The molecule has 1 N–H and O–H groups in total.